The number of benzene rings is 3. The Labute approximate surface area is 178 Å². The summed E-state index contributed by atoms with van der Waals surface area (Å²) in [4.78, 5) is 17.3. The van der Waals surface area contributed by atoms with Crippen LogP contribution in [0.1, 0.15) is 16.7 Å². The molecule has 1 aliphatic rings. The van der Waals surface area contributed by atoms with Crippen molar-refractivity contribution in [2.75, 3.05) is 0 Å². The highest BCUT2D eigenvalue weighted by molar-refractivity contribution is 8.18. The maximum atomic E-state index is 12.2. The van der Waals surface area contributed by atoms with Crippen LogP contribution in [0.5, 0.6) is 5.75 Å². The first-order chi connectivity index (χ1) is 14.7. The van der Waals surface area contributed by atoms with Gasteiger partial charge >= 0.3 is 0 Å². The second kappa shape index (κ2) is 9.12. The second-order valence-corrected chi connectivity index (χ2v) is 7.47. The van der Waals surface area contributed by atoms with Crippen molar-refractivity contribution in [1.82, 2.24) is 5.32 Å². The Bertz CT molecular complexity index is 1160. The fraction of sp³-hybridized carbons (Fsp3) is 0.0417. The van der Waals surface area contributed by atoms with Gasteiger partial charge in [0.15, 0.2) is 5.17 Å². The predicted molar refractivity (Wildman–Crippen MR) is 119 cm³/mol. The lowest BCUT2D eigenvalue weighted by Gasteiger charge is -2.07. The molecule has 6 heteroatoms. The zero-order valence-corrected chi connectivity index (χ0v) is 16.7. The van der Waals surface area contributed by atoms with E-state index < -0.39 is 0 Å². The summed E-state index contributed by atoms with van der Waals surface area (Å²) < 4.78 is 5.79. The van der Waals surface area contributed by atoms with Crippen LogP contribution >= 0.6 is 11.8 Å². The lowest BCUT2D eigenvalue weighted by Crippen LogP contribution is -2.19. The summed E-state index contributed by atoms with van der Waals surface area (Å²) in [6.45, 7) is 0.321. The van der Waals surface area contributed by atoms with E-state index >= 15 is 0 Å². The van der Waals surface area contributed by atoms with Gasteiger partial charge in [-0.3, -0.25) is 4.79 Å². The van der Waals surface area contributed by atoms with Crippen LogP contribution in [0.3, 0.4) is 0 Å². The molecule has 1 fully saturated rings. The van der Waals surface area contributed by atoms with Crippen LogP contribution < -0.4 is 10.1 Å². The maximum absolute atomic E-state index is 12.2. The molecule has 0 aromatic heterocycles. The molecule has 0 aliphatic carbocycles. The van der Waals surface area contributed by atoms with Gasteiger partial charge in [0, 0.05) is 5.56 Å². The van der Waals surface area contributed by atoms with Crippen LogP contribution in [0.25, 0.3) is 6.08 Å². The Kier molecular flexibility index (Phi) is 5.93. The third-order valence-electron chi connectivity index (χ3n) is 4.35. The van der Waals surface area contributed by atoms with Crippen LogP contribution in [-0.2, 0) is 11.4 Å². The maximum Gasteiger partial charge on any atom is 0.264 e. The molecule has 1 saturated heterocycles. The molecule has 4 rings (SSSR count). The number of aliphatic imine (C=N–C) groups is 1. The van der Waals surface area contributed by atoms with Crippen molar-refractivity contribution in [2.45, 2.75) is 6.61 Å². The Morgan fingerprint density at radius 3 is 2.50 bits per heavy atom. The van der Waals surface area contributed by atoms with Gasteiger partial charge in [-0.1, -0.05) is 48.5 Å². The highest BCUT2D eigenvalue weighted by Gasteiger charge is 2.23. The van der Waals surface area contributed by atoms with Gasteiger partial charge in [0.1, 0.15) is 12.4 Å². The van der Waals surface area contributed by atoms with E-state index in [4.69, 9.17) is 10.00 Å². The molecule has 1 N–H and O–H groups in total. The molecule has 0 radical (unpaired) electrons. The van der Waals surface area contributed by atoms with Crippen molar-refractivity contribution in [3.63, 3.8) is 0 Å². The predicted octanol–water partition coefficient (Wildman–Crippen LogP) is 5.03. The highest BCUT2D eigenvalue weighted by atomic mass is 32.2. The number of amides is 1. The number of amidine groups is 1. The summed E-state index contributed by atoms with van der Waals surface area (Å²) in [5.41, 5.74) is 3.13. The number of nitrogens with one attached hydrogen (secondary N) is 1. The molecule has 0 atom stereocenters. The highest BCUT2D eigenvalue weighted by Crippen LogP contribution is 2.28. The number of carbonyl (C=O) groups excluding carboxylic acids is 1. The van der Waals surface area contributed by atoms with Gasteiger partial charge in [-0.25, -0.2) is 4.99 Å². The lowest BCUT2D eigenvalue weighted by atomic mass is 10.1. The van der Waals surface area contributed by atoms with Crippen LogP contribution in [0, 0.1) is 11.3 Å². The number of thioether (sulfide) groups is 1. The quantitative estimate of drug-likeness (QED) is 0.598. The van der Waals surface area contributed by atoms with Gasteiger partial charge in [0.25, 0.3) is 5.91 Å². The summed E-state index contributed by atoms with van der Waals surface area (Å²) in [7, 11) is 0. The molecular formula is C24H17N3O2S. The molecule has 1 amide bonds. The zero-order valence-electron chi connectivity index (χ0n) is 15.9. The average Bonchev–Trinajstić information content (AvgIpc) is 3.12. The Morgan fingerprint density at radius 1 is 1.00 bits per heavy atom. The van der Waals surface area contributed by atoms with E-state index in [9.17, 15) is 4.79 Å². The largest absolute Gasteiger partial charge is 0.489 e. The molecule has 0 saturated carbocycles. The zero-order chi connectivity index (χ0) is 20.8. The van der Waals surface area contributed by atoms with Crippen LogP contribution in [0.2, 0.25) is 0 Å². The minimum Gasteiger partial charge on any atom is -0.489 e. The number of rotatable bonds is 5. The third kappa shape index (κ3) is 4.77. The number of hydrogen-bond donors (Lipinski definition) is 1. The van der Waals surface area contributed by atoms with E-state index in [2.05, 4.69) is 16.4 Å². The van der Waals surface area contributed by atoms with Gasteiger partial charge in [-0.15, -0.1) is 0 Å². The average molecular weight is 411 g/mol. The van der Waals surface area contributed by atoms with E-state index in [0.717, 1.165) is 16.8 Å². The monoisotopic (exact) mass is 411 g/mol. The van der Waals surface area contributed by atoms with Crippen molar-refractivity contribution < 1.29 is 9.53 Å². The van der Waals surface area contributed by atoms with E-state index in [1.165, 1.54) is 11.8 Å². The van der Waals surface area contributed by atoms with E-state index in [1.54, 1.807) is 6.07 Å². The summed E-state index contributed by atoms with van der Waals surface area (Å²) in [5, 5.41) is 12.5. The van der Waals surface area contributed by atoms with Gasteiger partial charge in [0.05, 0.1) is 22.2 Å². The van der Waals surface area contributed by atoms with Crippen LogP contribution in [0.4, 0.5) is 5.69 Å². The normalized spacial score (nSPS) is 15.8. The number of nitriles is 1. The van der Waals surface area contributed by atoms with E-state index in [0.29, 0.717) is 28.0 Å². The molecule has 5 nitrogen and oxygen atoms in total. The second-order valence-electron chi connectivity index (χ2n) is 6.44. The summed E-state index contributed by atoms with van der Waals surface area (Å²) >= 11 is 1.31. The van der Waals surface area contributed by atoms with Gasteiger partial charge in [-0.2, -0.15) is 5.26 Å². The minimum atomic E-state index is -0.164. The molecule has 1 aliphatic heterocycles. The first-order valence-corrected chi connectivity index (χ1v) is 10.1. The van der Waals surface area contributed by atoms with E-state index in [1.807, 2.05) is 78.9 Å². The number of carbonyl (C=O) groups is 1. The topological polar surface area (TPSA) is 74.5 Å². The Balaban J connectivity index is 1.42. The summed E-state index contributed by atoms with van der Waals surface area (Å²) in [6.07, 6.45) is 1.82. The van der Waals surface area contributed by atoms with Crippen LogP contribution in [-0.4, -0.2) is 11.1 Å². The SMILES string of the molecule is N#Cc1ccccc1COc1ccc(/C=C2/SC(=Nc3ccccc3)NC2=O)cc1. The molecule has 0 spiro atoms. The number of nitrogens with zero attached hydrogens (tertiary/aromatic N) is 2. The van der Waals surface area contributed by atoms with Crippen molar-refractivity contribution in [3.05, 3.63) is 100 Å². The van der Waals surface area contributed by atoms with E-state index in [-0.39, 0.29) is 5.91 Å². The van der Waals surface area contributed by atoms with Gasteiger partial charge in [-0.05, 0) is 53.7 Å². The smallest absolute Gasteiger partial charge is 0.264 e. The molecule has 0 bridgehead atoms. The molecule has 3 aromatic rings. The Hall–Kier alpha value is -3.82. The molecular weight excluding hydrogens is 394 g/mol. The molecule has 30 heavy (non-hydrogen) atoms. The molecule has 1 heterocycles. The molecule has 146 valence electrons. The van der Waals surface area contributed by atoms with Crippen LogP contribution in [0.15, 0.2) is 88.8 Å². The Morgan fingerprint density at radius 2 is 1.73 bits per heavy atom. The third-order valence-corrected chi connectivity index (χ3v) is 5.26. The summed E-state index contributed by atoms with van der Waals surface area (Å²) in [6, 6.07) is 26.5. The van der Waals surface area contributed by atoms with Gasteiger partial charge < -0.3 is 10.1 Å². The van der Waals surface area contributed by atoms with Crippen molar-refractivity contribution in [3.8, 4) is 11.8 Å². The first kappa shape index (κ1) is 19.5. The lowest BCUT2D eigenvalue weighted by molar-refractivity contribution is -0.115. The fourth-order valence-corrected chi connectivity index (χ4v) is 3.67. The standard InChI is InChI=1S/C24H17N3O2S/c25-15-18-6-4-5-7-19(18)16-29-21-12-10-17(11-13-21)14-22-23(28)27-24(30-22)26-20-8-2-1-3-9-20/h1-14H,16H2,(H,26,27,28)/b22-14+. The summed E-state index contributed by atoms with van der Waals surface area (Å²) in [5.74, 6) is 0.530. The van der Waals surface area contributed by atoms with Crippen molar-refractivity contribution in [1.29, 1.82) is 5.26 Å². The van der Waals surface area contributed by atoms with Crippen molar-refractivity contribution in [2.24, 2.45) is 4.99 Å². The van der Waals surface area contributed by atoms with Gasteiger partial charge in [0.2, 0.25) is 0 Å². The molecule has 3 aromatic carbocycles. The molecule has 0 unspecified atom stereocenters. The van der Waals surface area contributed by atoms with Crippen molar-refractivity contribution >= 4 is 34.6 Å². The number of ether oxygens (including phenoxy) is 1. The first-order valence-electron chi connectivity index (χ1n) is 9.27. The fourth-order valence-electron chi connectivity index (χ4n) is 2.83. The number of para-hydroxylation sites is 1. The minimum absolute atomic E-state index is 0.164. The number of hydrogen-bond acceptors (Lipinski definition) is 5.